The van der Waals surface area contributed by atoms with Gasteiger partial charge in [-0.25, -0.2) is 4.79 Å². The lowest BCUT2D eigenvalue weighted by Crippen LogP contribution is -2.59. The molecule has 8 heteroatoms. The van der Waals surface area contributed by atoms with E-state index >= 15 is 0 Å². The maximum absolute atomic E-state index is 12.9. The first-order valence-corrected chi connectivity index (χ1v) is 14.3. The van der Waals surface area contributed by atoms with Crippen molar-refractivity contribution in [1.82, 2.24) is 10.2 Å². The summed E-state index contributed by atoms with van der Waals surface area (Å²) in [5, 5.41) is 3.45. The largest absolute Gasteiger partial charge is 0.465 e. The number of methoxy groups -OCH3 is 1. The molecule has 1 heterocycles. The molecule has 4 saturated carbocycles. The van der Waals surface area contributed by atoms with Crippen molar-refractivity contribution < 1.29 is 19.1 Å². The molecule has 1 aromatic rings. The van der Waals surface area contributed by atoms with Crippen LogP contribution in [-0.4, -0.2) is 46.2 Å². The molecule has 0 aromatic heterocycles. The normalized spacial score (nSPS) is 29.8. The summed E-state index contributed by atoms with van der Waals surface area (Å²) in [5.41, 5.74) is 1.38. The number of thioether (sulfide) groups is 1. The molecule has 0 unspecified atom stereocenters. The zero-order valence-electron chi connectivity index (χ0n) is 20.8. The van der Waals surface area contributed by atoms with Gasteiger partial charge in [-0.05, 0) is 92.9 Å². The topological polar surface area (TPSA) is 75.7 Å². The quantitative estimate of drug-likeness (QED) is 0.203. The van der Waals surface area contributed by atoms with E-state index in [-0.39, 0.29) is 17.4 Å². The van der Waals surface area contributed by atoms with E-state index in [1.807, 2.05) is 0 Å². The average Bonchev–Trinajstić information content (AvgIpc) is 3.09. The molecule has 192 valence electrons. The van der Waals surface area contributed by atoms with Crippen molar-refractivity contribution in [3.63, 3.8) is 0 Å². The fourth-order valence-electron chi connectivity index (χ4n) is 7.03. The van der Waals surface area contributed by atoms with E-state index in [0.29, 0.717) is 27.8 Å². The maximum atomic E-state index is 12.9. The van der Waals surface area contributed by atoms with E-state index in [0.717, 1.165) is 42.6 Å². The first-order valence-electron chi connectivity index (χ1n) is 13.1. The van der Waals surface area contributed by atoms with E-state index in [2.05, 4.69) is 5.32 Å². The summed E-state index contributed by atoms with van der Waals surface area (Å²) in [7, 11) is 1.35. The van der Waals surface area contributed by atoms with Gasteiger partial charge in [-0.3, -0.25) is 14.5 Å². The fourth-order valence-corrected chi connectivity index (χ4v) is 8.34. The fraction of sp³-hybridized carbons (Fsp3) is 0.571. The number of nitrogens with one attached hydrogen (secondary N) is 1. The first-order chi connectivity index (χ1) is 17.3. The van der Waals surface area contributed by atoms with Gasteiger partial charge in [-0.2, -0.15) is 0 Å². The zero-order valence-corrected chi connectivity index (χ0v) is 22.4. The molecule has 1 aromatic carbocycles. The van der Waals surface area contributed by atoms with Gasteiger partial charge >= 0.3 is 5.97 Å². The van der Waals surface area contributed by atoms with E-state index in [4.69, 9.17) is 17.0 Å². The monoisotopic (exact) mass is 526 g/mol. The minimum absolute atomic E-state index is 0.0818. The molecule has 0 atom stereocenters. The summed E-state index contributed by atoms with van der Waals surface area (Å²) in [5.74, 6) is 2.21. The first kappa shape index (κ1) is 25.5. The predicted molar refractivity (Wildman–Crippen MR) is 145 cm³/mol. The number of carbonyl (C=O) groups excluding carboxylic acids is 3. The van der Waals surface area contributed by atoms with Gasteiger partial charge in [-0.15, -0.1) is 0 Å². The van der Waals surface area contributed by atoms with E-state index in [9.17, 15) is 14.4 Å². The molecule has 5 aliphatic rings. The number of thiocarbonyl (C=S) groups is 1. The second-order valence-corrected chi connectivity index (χ2v) is 12.7. The van der Waals surface area contributed by atoms with Crippen molar-refractivity contribution in [2.45, 2.75) is 69.7 Å². The third-order valence-electron chi connectivity index (χ3n) is 8.23. The Bertz CT molecular complexity index is 1050. The van der Waals surface area contributed by atoms with Crippen LogP contribution in [0.2, 0.25) is 0 Å². The number of carbonyl (C=O) groups is 3. The molecular weight excluding hydrogens is 492 g/mol. The number of ether oxygens (including phenoxy) is 1. The minimum Gasteiger partial charge on any atom is -0.465 e. The highest BCUT2D eigenvalue weighted by Gasteiger charge is 2.51. The molecule has 4 bridgehead atoms. The predicted octanol–water partition coefficient (Wildman–Crippen LogP) is 5.32. The van der Waals surface area contributed by atoms with Gasteiger partial charge in [-0.1, -0.05) is 42.5 Å². The lowest BCUT2D eigenvalue weighted by Gasteiger charge is -2.56. The van der Waals surface area contributed by atoms with Gasteiger partial charge in [0.25, 0.3) is 5.91 Å². The zero-order chi connectivity index (χ0) is 25.3. The van der Waals surface area contributed by atoms with Crippen LogP contribution in [-0.2, 0) is 14.3 Å². The summed E-state index contributed by atoms with van der Waals surface area (Å²) in [6.45, 7) is 0.569. The third kappa shape index (κ3) is 5.54. The van der Waals surface area contributed by atoms with Gasteiger partial charge in [0.2, 0.25) is 5.91 Å². The Hall–Kier alpha value is -2.19. The van der Waals surface area contributed by atoms with Crippen LogP contribution in [0.3, 0.4) is 0 Å². The lowest BCUT2D eigenvalue weighted by molar-refractivity contribution is -0.127. The summed E-state index contributed by atoms with van der Waals surface area (Å²) < 4.78 is 5.29. The van der Waals surface area contributed by atoms with E-state index in [1.165, 1.54) is 57.4 Å². The van der Waals surface area contributed by atoms with Crippen molar-refractivity contribution >= 4 is 52.2 Å². The van der Waals surface area contributed by atoms with Gasteiger partial charge in [0.1, 0.15) is 4.32 Å². The van der Waals surface area contributed by atoms with Crippen LogP contribution in [0.4, 0.5) is 0 Å². The number of hydrogen-bond donors (Lipinski definition) is 1. The second-order valence-electron chi connectivity index (χ2n) is 11.0. The van der Waals surface area contributed by atoms with Crippen molar-refractivity contribution in [1.29, 1.82) is 0 Å². The number of hydrogen-bond acceptors (Lipinski definition) is 6. The number of benzene rings is 1. The molecule has 2 amide bonds. The molecule has 0 radical (unpaired) electrons. The summed E-state index contributed by atoms with van der Waals surface area (Å²) >= 11 is 6.75. The summed E-state index contributed by atoms with van der Waals surface area (Å²) in [4.78, 5) is 39.4. The Balaban J connectivity index is 1.05. The van der Waals surface area contributed by atoms with Crippen molar-refractivity contribution in [3.05, 3.63) is 40.3 Å². The Kier molecular flexibility index (Phi) is 7.54. The molecule has 0 spiro atoms. The standard InChI is InChI=1S/C28H34N2O4S2/c1-34-26(33)22-8-6-18(7-9-22)14-23-25(32)30(27(35)36-23)10-4-2-3-5-24(31)29-28-15-19-11-20(16-28)13-21(12-19)17-28/h6-9,14,19-21H,2-5,10-13,15-17H2,1H3,(H,29,31)/b23-14-. The highest BCUT2D eigenvalue weighted by atomic mass is 32.2. The van der Waals surface area contributed by atoms with Crippen LogP contribution in [0, 0.1) is 17.8 Å². The van der Waals surface area contributed by atoms with Crippen LogP contribution in [0.15, 0.2) is 29.2 Å². The number of esters is 1. The Morgan fingerprint density at radius 2 is 1.72 bits per heavy atom. The molecule has 6 rings (SSSR count). The third-order valence-corrected chi connectivity index (χ3v) is 9.61. The average molecular weight is 527 g/mol. The highest BCUT2D eigenvalue weighted by Crippen LogP contribution is 2.55. The summed E-state index contributed by atoms with van der Waals surface area (Å²) in [6, 6.07) is 6.93. The number of unbranched alkanes of at least 4 members (excludes halogenated alkanes) is 2. The van der Waals surface area contributed by atoms with Gasteiger partial charge in [0.15, 0.2) is 0 Å². The highest BCUT2D eigenvalue weighted by molar-refractivity contribution is 8.26. The van der Waals surface area contributed by atoms with Crippen LogP contribution in [0.5, 0.6) is 0 Å². The van der Waals surface area contributed by atoms with Crippen LogP contribution < -0.4 is 5.32 Å². The number of amides is 2. The minimum atomic E-state index is -0.391. The molecule has 1 saturated heterocycles. The summed E-state index contributed by atoms with van der Waals surface area (Å²) in [6.07, 6.45) is 12.6. The van der Waals surface area contributed by atoms with Crippen molar-refractivity contribution in [2.24, 2.45) is 17.8 Å². The van der Waals surface area contributed by atoms with Gasteiger partial charge in [0.05, 0.1) is 17.6 Å². The van der Waals surface area contributed by atoms with E-state index in [1.54, 1.807) is 35.2 Å². The molecule has 1 aliphatic heterocycles. The Morgan fingerprint density at radius 1 is 1.08 bits per heavy atom. The molecule has 5 fully saturated rings. The van der Waals surface area contributed by atoms with Crippen molar-refractivity contribution in [2.75, 3.05) is 13.7 Å². The molecule has 6 nitrogen and oxygen atoms in total. The lowest BCUT2D eigenvalue weighted by atomic mass is 9.53. The molecule has 36 heavy (non-hydrogen) atoms. The molecule has 4 aliphatic carbocycles. The van der Waals surface area contributed by atoms with Gasteiger partial charge < -0.3 is 10.1 Å². The Morgan fingerprint density at radius 3 is 2.33 bits per heavy atom. The van der Waals surface area contributed by atoms with Crippen molar-refractivity contribution in [3.8, 4) is 0 Å². The number of rotatable bonds is 9. The Labute approximate surface area is 222 Å². The van der Waals surface area contributed by atoms with E-state index < -0.39 is 5.97 Å². The number of nitrogens with zero attached hydrogens (tertiary/aromatic N) is 1. The van der Waals surface area contributed by atoms with Crippen LogP contribution >= 0.6 is 24.0 Å². The van der Waals surface area contributed by atoms with Gasteiger partial charge in [0, 0.05) is 18.5 Å². The van der Waals surface area contributed by atoms with Crippen LogP contribution in [0.25, 0.3) is 6.08 Å². The molecule has 1 N–H and O–H groups in total. The second kappa shape index (κ2) is 10.7. The SMILES string of the molecule is COC(=O)c1ccc(/C=C2\SC(=S)N(CCCCCC(=O)NC34CC5CC(CC(C5)C3)C4)C2=O)cc1. The smallest absolute Gasteiger partial charge is 0.337 e. The maximum Gasteiger partial charge on any atom is 0.337 e. The van der Waals surface area contributed by atoms with Crippen LogP contribution in [0.1, 0.15) is 80.1 Å². The molecular formula is C28H34N2O4S2.